The van der Waals surface area contributed by atoms with Crippen LogP contribution in [-0.4, -0.2) is 40.3 Å². The van der Waals surface area contributed by atoms with E-state index < -0.39 is 30.3 Å². The van der Waals surface area contributed by atoms with E-state index in [4.69, 9.17) is 9.57 Å². The summed E-state index contributed by atoms with van der Waals surface area (Å²) in [5.74, 6) is -0.634. The average molecular weight is 400 g/mol. The SMILES string of the molecule is CC(C)(C)OC(=O)N(Cc1ccccc1)[C@H](CO)C(=O)NOCc1ccccc1. The fraction of sp³-hybridized carbons (Fsp3) is 0.364. The number of ether oxygens (including phenoxy) is 1. The van der Waals surface area contributed by atoms with Crippen LogP contribution in [0, 0.1) is 0 Å². The molecular weight excluding hydrogens is 372 g/mol. The molecule has 0 heterocycles. The van der Waals surface area contributed by atoms with Crippen LogP contribution in [0.1, 0.15) is 31.9 Å². The van der Waals surface area contributed by atoms with Gasteiger partial charge in [0.05, 0.1) is 13.2 Å². The summed E-state index contributed by atoms with van der Waals surface area (Å²) >= 11 is 0. The summed E-state index contributed by atoms with van der Waals surface area (Å²) in [7, 11) is 0. The molecule has 7 nitrogen and oxygen atoms in total. The highest BCUT2D eigenvalue weighted by atomic mass is 16.7. The molecule has 0 radical (unpaired) electrons. The van der Waals surface area contributed by atoms with Crippen molar-refractivity contribution in [2.75, 3.05) is 6.61 Å². The predicted octanol–water partition coefficient (Wildman–Crippen LogP) is 3.03. The topological polar surface area (TPSA) is 88.1 Å². The van der Waals surface area contributed by atoms with Gasteiger partial charge in [0.2, 0.25) is 0 Å². The molecule has 0 aliphatic heterocycles. The van der Waals surface area contributed by atoms with Crippen LogP contribution in [0.25, 0.3) is 0 Å². The minimum atomic E-state index is -1.17. The molecule has 0 bridgehead atoms. The van der Waals surface area contributed by atoms with Gasteiger partial charge in [0.25, 0.3) is 5.91 Å². The van der Waals surface area contributed by atoms with Gasteiger partial charge in [0.1, 0.15) is 11.6 Å². The van der Waals surface area contributed by atoms with Crippen LogP contribution < -0.4 is 5.48 Å². The minimum absolute atomic E-state index is 0.104. The fourth-order valence-corrected chi connectivity index (χ4v) is 2.56. The standard InChI is InChI=1S/C22H28N2O5/c1-22(2,3)29-21(27)24(14-17-10-6-4-7-11-17)19(15-25)20(26)23-28-16-18-12-8-5-9-13-18/h4-13,19,25H,14-16H2,1-3H3,(H,23,26)/t19-/m1/s1. The number of benzene rings is 2. The van der Waals surface area contributed by atoms with E-state index in [1.54, 1.807) is 20.8 Å². The molecule has 0 saturated heterocycles. The summed E-state index contributed by atoms with van der Waals surface area (Å²) in [6.07, 6.45) is -0.696. The predicted molar refractivity (Wildman–Crippen MR) is 108 cm³/mol. The van der Waals surface area contributed by atoms with Gasteiger partial charge in [0, 0.05) is 6.54 Å². The summed E-state index contributed by atoms with van der Waals surface area (Å²) in [6.45, 7) is 4.91. The first kappa shape index (κ1) is 22.4. The van der Waals surface area contributed by atoms with Gasteiger partial charge in [-0.15, -0.1) is 0 Å². The number of nitrogens with zero attached hydrogens (tertiary/aromatic N) is 1. The molecule has 2 aromatic carbocycles. The molecule has 29 heavy (non-hydrogen) atoms. The first-order chi connectivity index (χ1) is 13.8. The van der Waals surface area contributed by atoms with Crippen molar-refractivity contribution >= 4 is 12.0 Å². The normalized spacial score (nSPS) is 12.1. The highest BCUT2D eigenvalue weighted by molar-refractivity contribution is 5.85. The van der Waals surface area contributed by atoms with Crippen LogP contribution in [-0.2, 0) is 27.5 Å². The van der Waals surface area contributed by atoms with Crippen LogP contribution in [0.2, 0.25) is 0 Å². The summed E-state index contributed by atoms with van der Waals surface area (Å²) in [5, 5.41) is 9.84. The molecule has 0 saturated carbocycles. The van der Waals surface area contributed by atoms with E-state index >= 15 is 0 Å². The highest BCUT2D eigenvalue weighted by Gasteiger charge is 2.33. The van der Waals surface area contributed by atoms with Crippen LogP contribution in [0.5, 0.6) is 0 Å². The number of nitrogens with one attached hydrogen (secondary N) is 1. The summed E-state index contributed by atoms with van der Waals surface area (Å²) in [4.78, 5) is 31.8. The van der Waals surface area contributed by atoms with Crippen LogP contribution in [0.4, 0.5) is 4.79 Å². The van der Waals surface area contributed by atoms with Gasteiger partial charge in [-0.1, -0.05) is 60.7 Å². The number of hydrogen-bond donors (Lipinski definition) is 2. The Labute approximate surface area is 171 Å². The molecule has 2 N–H and O–H groups in total. The maximum absolute atomic E-state index is 12.7. The quantitative estimate of drug-likeness (QED) is 0.665. The second-order valence-corrected chi connectivity index (χ2v) is 7.53. The van der Waals surface area contributed by atoms with Crippen molar-refractivity contribution in [3.8, 4) is 0 Å². The number of amides is 2. The Morgan fingerprint density at radius 3 is 2.07 bits per heavy atom. The maximum atomic E-state index is 12.7. The van der Waals surface area contributed by atoms with E-state index in [1.807, 2.05) is 60.7 Å². The van der Waals surface area contributed by atoms with Gasteiger partial charge in [-0.3, -0.25) is 14.5 Å². The van der Waals surface area contributed by atoms with Crippen LogP contribution in [0.15, 0.2) is 60.7 Å². The van der Waals surface area contributed by atoms with Gasteiger partial charge >= 0.3 is 6.09 Å². The molecule has 0 unspecified atom stereocenters. The summed E-state index contributed by atoms with van der Waals surface area (Å²) in [5.41, 5.74) is 3.25. The number of rotatable bonds is 8. The van der Waals surface area contributed by atoms with E-state index in [1.165, 1.54) is 4.90 Å². The first-order valence-corrected chi connectivity index (χ1v) is 9.40. The number of carbonyl (C=O) groups excluding carboxylic acids is 2. The van der Waals surface area contributed by atoms with E-state index in [2.05, 4.69) is 5.48 Å². The molecule has 0 aromatic heterocycles. The first-order valence-electron chi connectivity index (χ1n) is 9.40. The second kappa shape index (κ2) is 10.6. The minimum Gasteiger partial charge on any atom is -0.444 e. The smallest absolute Gasteiger partial charge is 0.411 e. The maximum Gasteiger partial charge on any atom is 0.411 e. The van der Waals surface area contributed by atoms with Gasteiger partial charge in [-0.25, -0.2) is 10.3 Å². The third-order valence-corrected chi connectivity index (χ3v) is 3.93. The monoisotopic (exact) mass is 400 g/mol. The van der Waals surface area contributed by atoms with Crippen LogP contribution >= 0.6 is 0 Å². The number of aliphatic hydroxyl groups excluding tert-OH is 1. The Morgan fingerprint density at radius 1 is 1.00 bits per heavy atom. The third-order valence-electron chi connectivity index (χ3n) is 3.93. The Hall–Kier alpha value is -2.90. The molecule has 0 fully saturated rings. The zero-order valence-electron chi connectivity index (χ0n) is 17.0. The van der Waals surface area contributed by atoms with E-state index in [0.717, 1.165) is 11.1 Å². The lowest BCUT2D eigenvalue weighted by molar-refractivity contribution is -0.141. The number of carbonyl (C=O) groups is 2. The Kier molecular flexibility index (Phi) is 8.18. The number of hydrogen-bond acceptors (Lipinski definition) is 5. The molecular formula is C22H28N2O5. The lowest BCUT2D eigenvalue weighted by Gasteiger charge is -2.32. The van der Waals surface area contributed by atoms with E-state index in [9.17, 15) is 14.7 Å². The van der Waals surface area contributed by atoms with Crippen molar-refractivity contribution in [1.82, 2.24) is 10.4 Å². The molecule has 7 heteroatoms. The van der Waals surface area contributed by atoms with Gasteiger partial charge < -0.3 is 9.84 Å². The lowest BCUT2D eigenvalue weighted by atomic mass is 10.1. The molecule has 2 amide bonds. The zero-order valence-corrected chi connectivity index (χ0v) is 17.0. The molecule has 0 spiro atoms. The Balaban J connectivity index is 2.09. The van der Waals surface area contributed by atoms with Crippen molar-refractivity contribution in [2.24, 2.45) is 0 Å². The van der Waals surface area contributed by atoms with Crippen molar-refractivity contribution in [2.45, 2.75) is 45.6 Å². The summed E-state index contributed by atoms with van der Waals surface area (Å²) in [6, 6.07) is 17.3. The zero-order chi connectivity index (χ0) is 21.3. The van der Waals surface area contributed by atoms with Crippen LogP contribution in [0.3, 0.4) is 0 Å². The number of aliphatic hydroxyl groups is 1. The molecule has 156 valence electrons. The lowest BCUT2D eigenvalue weighted by Crippen LogP contribution is -2.52. The molecule has 0 aliphatic carbocycles. The van der Waals surface area contributed by atoms with Crippen molar-refractivity contribution in [1.29, 1.82) is 0 Å². The average Bonchev–Trinajstić information content (AvgIpc) is 2.68. The second-order valence-electron chi connectivity index (χ2n) is 7.53. The molecule has 1 atom stereocenters. The van der Waals surface area contributed by atoms with Gasteiger partial charge in [-0.2, -0.15) is 0 Å². The largest absolute Gasteiger partial charge is 0.444 e. The fourth-order valence-electron chi connectivity index (χ4n) is 2.56. The van der Waals surface area contributed by atoms with Crippen molar-refractivity contribution in [3.63, 3.8) is 0 Å². The van der Waals surface area contributed by atoms with Crippen molar-refractivity contribution < 1.29 is 24.3 Å². The third kappa shape index (κ3) is 7.56. The highest BCUT2D eigenvalue weighted by Crippen LogP contribution is 2.16. The van der Waals surface area contributed by atoms with Gasteiger partial charge in [-0.05, 0) is 31.9 Å². The molecule has 0 aliphatic rings. The van der Waals surface area contributed by atoms with Gasteiger partial charge in [0.15, 0.2) is 0 Å². The van der Waals surface area contributed by atoms with E-state index in [-0.39, 0.29) is 13.2 Å². The van der Waals surface area contributed by atoms with E-state index in [0.29, 0.717) is 0 Å². The number of hydroxylamine groups is 1. The molecule has 2 aromatic rings. The summed E-state index contributed by atoms with van der Waals surface area (Å²) < 4.78 is 5.43. The molecule has 2 rings (SSSR count). The van der Waals surface area contributed by atoms with Crippen molar-refractivity contribution in [3.05, 3.63) is 71.8 Å². The Morgan fingerprint density at radius 2 is 1.55 bits per heavy atom. The Bertz CT molecular complexity index is 775.